The second kappa shape index (κ2) is 4.58. The monoisotopic (exact) mass is 257 g/mol. The molecule has 1 N–H and O–H groups in total. The van der Waals surface area contributed by atoms with Gasteiger partial charge in [-0.15, -0.1) is 0 Å². The summed E-state index contributed by atoms with van der Waals surface area (Å²) in [5.74, 6) is 0. The standard InChI is InChI=1S/C7H16BrNO2S/c1-4-7(3,5-2)9-12(10,11)6-8/h9H,4-6H2,1-3H3. The Morgan fingerprint density at radius 1 is 1.33 bits per heavy atom. The van der Waals surface area contributed by atoms with E-state index in [-0.39, 0.29) is 10.2 Å². The quantitative estimate of drug-likeness (QED) is 0.765. The van der Waals surface area contributed by atoms with Gasteiger partial charge in [-0.1, -0.05) is 29.8 Å². The number of alkyl halides is 1. The lowest BCUT2D eigenvalue weighted by atomic mass is 9.98. The van der Waals surface area contributed by atoms with Gasteiger partial charge < -0.3 is 0 Å². The zero-order valence-corrected chi connectivity index (χ0v) is 10.1. The number of rotatable bonds is 5. The van der Waals surface area contributed by atoms with Crippen molar-refractivity contribution >= 4 is 26.0 Å². The van der Waals surface area contributed by atoms with E-state index < -0.39 is 10.0 Å². The molecule has 0 saturated heterocycles. The molecule has 3 nitrogen and oxygen atoms in total. The zero-order chi connectivity index (χ0) is 9.83. The highest BCUT2D eigenvalue weighted by Crippen LogP contribution is 2.15. The smallest absolute Gasteiger partial charge is 0.212 e. The van der Waals surface area contributed by atoms with Gasteiger partial charge in [-0.05, 0) is 19.8 Å². The summed E-state index contributed by atoms with van der Waals surface area (Å²) in [4.78, 5) is 0. The highest BCUT2D eigenvalue weighted by atomic mass is 79.9. The van der Waals surface area contributed by atoms with Crippen LogP contribution in [0.2, 0.25) is 0 Å². The van der Waals surface area contributed by atoms with Gasteiger partial charge in [0, 0.05) is 5.54 Å². The van der Waals surface area contributed by atoms with Crippen LogP contribution in [0, 0.1) is 0 Å². The van der Waals surface area contributed by atoms with Gasteiger partial charge in [0.1, 0.15) is 4.66 Å². The van der Waals surface area contributed by atoms with E-state index in [2.05, 4.69) is 20.7 Å². The number of nitrogens with one attached hydrogen (secondary N) is 1. The second-order valence-corrected chi connectivity index (χ2v) is 6.12. The van der Waals surface area contributed by atoms with Crippen LogP contribution < -0.4 is 4.72 Å². The van der Waals surface area contributed by atoms with E-state index in [0.29, 0.717) is 0 Å². The molecule has 0 aliphatic rings. The van der Waals surface area contributed by atoms with Crippen LogP contribution in [-0.2, 0) is 10.0 Å². The molecule has 0 unspecified atom stereocenters. The Labute approximate surface area is 83.1 Å². The lowest BCUT2D eigenvalue weighted by Crippen LogP contribution is -2.45. The van der Waals surface area contributed by atoms with Crippen molar-refractivity contribution in [3.8, 4) is 0 Å². The van der Waals surface area contributed by atoms with Crippen molar-refractivity contribution in [2.75, 3.05) is 4.66 Å². The van der Waals surface area contributed by atoms with E-state index in [9.17, 15) is 8.42 Å². The third-order valence-corrected chi connectivity index (χ3v) is 5.01. The van der Waals surface area contributed by atoms with Gasteiger partial charge in [-0.2, -0.15) is 0 Å². The molecule has 0 amide bonds. The maximum absolute atomic E-state index is 11.2. The first kappa shape index (κ1) is 12.4. The number of halogens is 1. The number of hydrogen-bond donors (Lipinski definition) is 1. The fraction of sp³-hybridized carbons (Fsp3) is 1.00. The summed E-state index contributed by atoms with van der Waals surface area (Å²) >= 11 is 2.93. The Kier molecular flexibility index (Phi) is 4.73. The predicted octanol–water partition coefficient (Wildman–Crippen LogP) is 1.84. The van der Waals surface area contributed by atoms with E-state index in [1.807, 2.05) is 20.8 Å². The first-order valence-electron chi connectivity index (χ1n) is 3.96. The van der Waals surface area contributed by atoms with Gasteiger partial charge in [-0.3, -0.25) is 0 Å². The van der Waals surface area contributed by atoms with Crippen molar-refractivity contribution in [1.82, 2.24) is 4.72 Å². The second-order valence-electron chi connectivity index (χ2n) is 3.09. The fourth-order valence-electron chi connectivity index (χ4n) is 0.797. The van der Waals surface area contributed by atoms with Crippen LogP contribution in [0.15, 0.2) is 0 Å². The molecule has 0 spiro atoms. The highest BCUT2D eigenvalue weighted by molar-refractivity contribution is 9.10. The Balaban J connectivity index is 4.42. The molecule has 0 aliphatic carbocycles. The van der Waals surface area contributed by atoms with Gasteiger partial charge in [-0.25, -0.2) is 13.1 Å². The molecule has 0 radical (unpaired) electrons. The van der Waals surface area contributed by atoms with Crippen LogP contribution in [0.1, 0.15) is 33.6 Å². The largest absolute Gasteiger partial charge is 0.222 e. The first-order chi connectivity index (χ1) is 5.39. The number of hydrogen-bond acceptors (Lipinski definition) is 2. The lowest BCUT2D eigenvalue weighted by molar-refractivity contribution is 0.390. The minimum absolute atomic E-state index is 0.0322. The van der Waals surface area contributed by atoms with Crippen LogP contribution in [0.4, 0.5) is 0 Å². The number of sulfonamides is 1. The molecule has 12 heavy (non-hydrogen) atoms. The van der Waals surface area contributed by atoms with Crippen LogP contribution in [0.5, 0.6) is 0 Å². The SMILES string of the molecule is CCC(C)(CC)NS(=O)(=O)CBr. The molecule has 0 saturated carbocycles. The third kappa shape index (κ3) is 3.87. The summed E-state index contributed by atoms with van der Waals surface area (Å²) in [5.41, 5.74) is -0.299. The van der Waals surface area contributed by atoms with Gasteiger partial charge >= 0.3 is 0 Å². The molecule has 0 aromatic heterocycles. The molecule has 0 rings (SSSR count). The maximum Gasteiger partial charge on any atom is 0.222 e. The predicted molar refractivity (Wildman–Crippen MR) is 54.8 cm³/mol. The fourth-order valence-corrected chi connectivity index (χ4v) is 2.23. The maximum atomic E-state index is 11.2. The van der Waals surface area contributed by atoms with Crippen LogP contribution in [-0.4, -0.2) is 18.6 Å². The molecule has 0 bridgehead atoms. The molecular formula is C7H16BrNO2S. The summed E-state index contributed by atoms with van der Waals surface area (Å²) in [5, 5.41) is 0. The Bertz CT molecular complexity index is 222. The summed E-state index contributed by atoms with van der Waals surface area (Å²) in [6, 6.07) is 0. The van der Waals surface area contributed by atoms with E-state index in [1.54, 1.807) is 0 Å². The average molecular weight is 258 g/mol. The molecule has 0 aliphatic heterocycles. The molecule has 0 aromatic carbocycles. The molecular weight excluding hydrogens is 242 g/mol. The van der Waals surface area contributed by atoms with Crippen molar-refractivity contribution in [2.24, 2.45) is 0 Å². The summed E-state index contributed by atoms with van der Waals surface area (Å²) in [7, 11) is -3.13. The van der Waals surface area contributed by atoms with Crippen molar-refractivity contribution < 1.29 is 8.42 Å². The summed E-state index contributed by atoms with van der Waals surface area (Å²) in [6.45, 7) is 5.85. The van der Waals surface area contributed by atoms with Gasteiger partial charge in [0.2, 0.25) is 10.0 Å². The van der Waals surface area contributed by atoms with Gasteiger partial charge in [0.15, 0.2) is 0 Å². The minimum atomic E-state index is -3.13. The van der Waals surface area contributed by atoms with E-state index in [4.69, 9.17) is 0 Å². The van der Waals surface area contributed by atoms with E-state index >= 15 is 0 Å². The molecule has 0 fully saturated rings. The van der Waals surface area contributed by atoms with Crippen molar-refractivity contribution in [3.63, 3.8) is 0 Å². The Morgan fingerprint density at radius 2 is 1.75 bits per heavy atom. The van der Waals surface area contributed by atoms with Crippen molar-refractivity contribution in [2.45, 2.75) is 39.2 Å². The third-order valence-electron chi connectivity index (χ3n) is 2.11. The molecule has 0 heterocycles. The molecule has 0 aromatic rings. The molecule has 74 valence electrons. The highest BCUT2D eigenvalue weighted by Gasteiger charge is 2.24. The van der Waals surface area contributed by atoms with Crippen molar-refractivity contribution in [3.05, 3.63) is 0 Å². The zero-order valence-electron chi connectivity index (χ0n) is 7.72. The van der Waals surface area contributed by atoms with Crippen molar-refractivity contribution in [1.29, 1.82) is 0 Å². The summed E-state index contributed by atoms with van der Waals surface area (Å²) < 4.78 is 25.0. The molecule has 0 atom stereocenters. The van der Waals surface area contributed by atoms with Gasteiger partial charge in [0.05, 0.1) is 0 Å². The first-order valence-corrected chi connectivity index (χ1v) is 6.74. The minimum Gasteiger partial charge on any atom is -0.212 e. The molecule has 5 heteroatoms. The van der Waals surface area contributed by atoms with Crippen LogP contribution in [0.3, 0.4) is 0 Å². The Hall–Kier alpha value is 0.390. The van der Waals surface area contributed by atoms with E-state index in [0.717, 1.165) is 12.8 Å². The topological polar surface area (TPSA) is 46.2 Å². The Morgan fingerprint density at radius 3 is 2.00 bits per heavy atom. The average Bonchev–Trinajstić information content (AvgIpc) is 2.04. The van der Waals surface area contributed by atoms with Crippen LogP contribution >= 0.6 is 15.9 Å². The normalized spacial score (nSPS) is 13.3. The lowest BCUT2D eigenvalue weighted by Gasteiger charge is -2.27. The summed E-state index contributed by atoms with van der Waals surface area (Å²) in [6.07, 6.45) is 1.60. The van der Waals surface area contributed by atoms with Crippen LogP contribution in [0.25, 0.3) is 0 Å². The van der Waals surface area contributed by atoms with Gasteiger partial charge in [0.25, 0.3) is 0 Å². The van der Waals surface area contributed by atoms with E-state index in [1.165, 1.54) is 0 Å².